The lowest BCUT2D eigenvalue weighted by molar-refractivity contribution is 0.249. The fraction of sp³-hybridized carbons (Fsp3) is 0.0714. The predicted molar refractivity (Wildman–Crippen MR) is 77.1 cm³/mol. The minimum Gasteiger partial charge on any atom is -0.350 e. The summed E-state index contributed by atoms with van der Waals surface area (Å²) in [4.78, 5) is 22.2. The van der Waals surface area contributed by atoms with Gasteiger partial charge in [-0.3, -0.25) is 9.36 Å². The number of nitrogens with one attached hydrogen (secondary N) is 1. The summed E-state index contributed by atoms with van der Waals surface area (Å²) < 4.78 is 1.57. The second-order valence-corrected chi connectivity index (χ2v) is 4.24. The van der Waals surface area contributed by atoms with Gasteiger partial charge in [-0.1, -0.05) is 18.2 Å². The van der Waals surface area contributed by atoms with E-state index in [0.717, 1.165) is 16.8 Å². The van der Waals surface area contributed by atoms with Crippen molar-refractivity contribution in [3.8, 4) is 5.69 Å². The highest BCUT2D eigenvalue weighted by molar-refractivity contribution is 5.81. The molecule has 0 fully saturated rings. The van der Waals surface area contributed by atoms with E-state index in [1.807, 2.05) is 6.92 Å². The molecular formula is C14H14N4O2. The third kappa shape index (κ3) is 3.32. The number of primary amides is 1. The molecule has 0 aliphatic carbocycles. The first-order chi connectivity index (χ1) is 9.56. The van der Waals surface area contributed by atoms with Gasteiger partial charge in [0, 0.05) is 18.0 Å². The second kappa shape index (κ2) is 5.83. The highest BCUT2D eigenvalue weighted by Gasteiger charge is 1.99. The molecule has 0 saturated carbocycles. The molecule has 2 amide bonds. The van der Waals surface area contributed by atoms with Gasteiger partial charge in [0.05, 0.1) is 6.21 Å². The Hall–Kier alpha value is -2.89. The number of carbonyl (C=O) groups excluding carboxylic acids is 1. The molecule has 0 spiro atoms. The van der Waals surface area contributed by atoms with Crippen molar-refractivity contribution in [3.05, 3.63) is 64.1 Å². The Bertz CT molecular complexity index is 702. The topological polar surface area (TPSA) is 89.5 Å². The maximum Gasteiger partial charge on any atom is 0.332 e. The zero-order valence-corrected chi connectivity index (χ0v) is 10.9. The monoisotopic (exact) mass is 270 g/mol. The molecule has 0 saturated heterocycles. The summed E-state index contributed by atoms with van der Waals surface area (Å²) in [5.74, 6) is 0. The van der Waals surface area contributed by atoms with E-state index in [2.05, 4.69) is 10.5 Å². The highest BCUT2D eigenvalue weighted by Crippen LogP contribution is 2.07. The van der Waals surface area contributed by atoms with Crippen molar-refractivity contribution >= 4 is 12.2 Å². The molecule has 102 valence electrons. The summed E-state index contributed by atoms with van der Waals surface area (Å²) in [6, 6.07) is 9.76. The molecule has 0 radical (unpaired) electrons. The lowest BCUT2D eigenvalue weighted by Gasteiger charge is -2.06. The van der Waals surface area contributed by atoms with Gasteiger partial charge in [-0.25, -0.2) is 10.2 Å². The van der Waals surface area contributed by atoms with Gasteiger partial charge in [-0.05, 0) is 30.2 Å². The normalized spacial score (nSPS) is 10.7. The van der Waals surface area contributed by atoms with E-state index >= 15 is 0 Å². The Morgan fingerprint density at radius 1 is 1.25 bits per heavy atom. The molecule has 6 nitrogen and oxygen atoms in total. The van der Waals surface area contributed by atoms with Crippen LogP contribution in [0.3, 0.4) is 0 Å². The zero-order chi connectivity index (χ0) is 14.5. The summed E-state index contributed by atoms with van der Waals surface area (Å²) in [6.07, 6.45) is 3.24. The van der Waals surface area contributed by atoms with Crippen molar-refractivity contribution in [1.82, 2.24) is 9.99 Å². The number of pyridine rings is 1. The number of benzene rings is 1. The number of nitrogens with two attached hydrogens (primary N) is 1. The van der Waals surface area contributed by atoms with Gasteiger partial charge < -0.3 is 5.73 Å². The number of aryl methyl sites for hydroxylation is 1. The Labute approximate surface area is 115 Å². The maximum atomic E-state index is 11.8. The van der Waals surface area contributed by atoms with Gasteiger partial charge in [-0.15, -0.1) is 0 Å². The molecule has 0 atom stereocenters. The van der Waals surface area contributed by atoms with Crippen LogP contribution in [0.4, 0.5) is 4.79 Å². The first kappa shape index (κ1) is 13.5. The van der Waals surface area contributed by atoms with E-state index in [0.29, 0.717) is 0 Å². The summed E-state index contributed by atoms with van der Waals surface area (Å²) in [5.41, 5.74) is 9.45. The second-order valence-electron chi connectivity index (χ2n) is 4.24. The molecule has 2 aromatic rings. The van der Waals surface area contributed by atoms with Crippen molar-refractivity contribution < 1.29 is 4.79 Å². The SMILES string of the molecule is Cc1ccc(=O)n(-c2ccc(C=NNC(N)=O)cc2)c1. The molecule has 2 rings (SSSR count). The molecule has 1 aromatic heterocycles. The third-order valence-corrected chi connectivity index (χ3v) is 2.62. The van der Waals surface area contributed by atoms with Crippen molar-refractivity contribution in [3.63, 3.8) is 0 Å². The van der Waals surface area contributed by atoms with E-state index in [9.17, 15) is 9.59 Å². The molecule has 0 aliphatic rings. The molecule has 3 N–H and O–H groups in total. The standard InChI is InChI=1S/C14H14N4O2/c1-10-2-7-13(19)18(9-10)12-5-3-11(4-6-12)8-16-17-14(15)20/h2-9H,1H3,(H3,15,17,20). The largest absolute Gasteiger partial charge is 0.350 e. The summed E-state index contributed by atoms with van der Waals surface area (Å²) >= 11 is 0. The first-order valence-corrected chi connectivity index (χ1v) is 5.94. The fourth-order valence-corrected chi connectivity index (χ4v) is 1.69. The van der Waals surface area contributed by atoms with Crippen LogP contribution < -0.4 is 16.7 Å². The number of rotatable bonds is 3. The van der Waals surface area contributed by atoms with Gasteiger partial charge in [0.1, 0.15) is 0 Å². The van der Waals surface area contributed by atoms with Crippen LogP contribution in [0.5, 0.6) is 0 Å². The number of hydrogen-bond acceptors (Lipinski definition) is 3. The predicted octanol–water partition coefficient (Wildman–Crippen LogP) is 1.15. The minimum atomic E-state index is -0.718. The van der Waals surface area contributed by atoms with E-state index < -0.39 is 6.03 Å². The number of aromatic nitrogens is 1. The van der Waals surface area contributed by atoms with Gasteiger partial charge in [0.25, 0.3) is 5.56 Å². The summed E-state index contributed by atoms with van der Waals surface area (Å²) in [6.45, 7) is 1.92. The van der Waals surface area contributed by atoms with Crippen LogP contribution >= 0.6 is 0 Å². The van der Waals surface area contributed by atoms with Crippen LogP contribution in [0, 0.1) is 6.92 Å². The van der Waals surface area contributed by atoms with Crippen molar-refractivity contribution in [1.29, 1.82) is 0 Å². The summed E-state index contributed by atoms with van der Waals surface area (Å²) in [7, 11) is 0. The molecule has 0 unspecified atom stereocenters. The molecule has 6 heteroatoms. The molecule has 0 aliphatic heterocycles. The van der Waals surface area contributed by atoms with E-state index in [4.69, 9.17) is 5.73 Å². The van der Waals surface area contributed by atoms with Crippen molar-refractivity contribution in [2.45, 2.75) is 6.92 Å². The first-order valence-electron chi connectivity index (χ1n) is 5.94. The van der Waals surface area contributed by atoms with Crippen LogP contribution in [-0.2, 0) is 0 Å². The molecular weight excluding hydrogens is 256 g/mol. The zero-order valence-electron chi connectivity index (χ0n) is 10.9. The Morgan fingerprint density at radius 3 is 2.60 bits per heavy atom. The Morgan fingerprint density at radius 2 is 1.95 bits per heavy atom. The van der Waals surface area contributed by atoms with Crippen LogP contribution in [0.15, 0.2) is 52.5 Å². The molecule has 0 bridgehead atoms. The van der Waals surface area contributed by atoms with Gasteiger partial charge in [-0.2, -0.15) is 5.10 Å². The van der Waals surface area contributed by atoms with Crippen molar-refractivity contribution in [2.75, 3.05) is 0 Å². The summed E-state index contributed by atoms with van der Waals surface area (Å²) in [5, 5.41) is 3.66. The molecule has 1 aromatic carbocycles. The number of nitrogens with zero attached hydrogens (tertiary/aromatic N) is 2. The number of hydrogen-bond donors (Lipinski definition) is 2. The van der Waals surface area contributed by atoms with Gasteiger partial charge >= 0.3 is 6.03 Å². The molecule has 1 heterocycles. The quantitative estimate of drug-likeness (QED) is 0.647. The maximum absolute atomic E-state index is 11.8. The van der Waals surface area contributed by atoms with Crippen LogP contribution in [-0.4, -0.2) is 16.8 Å². The lowest BCUT2D eigenvalue weighted by atomic mass is 10.2. The van der Waals surface area contributed by atoms with Crippen LogP contribution in [0.1, 0.15) is 11.1 Å². The highest BCUT2D eigenvalue weighted by atomic mass is 16.2. The van der Waals surface area contributed by atoms with Gasteiger partial charge in [0.15, 0.2) is 0 Å². The fourth-order valence-electron chi connectivity index (χ4n) is 1.69. The number of hydrazone groups is 1. The smallest absolute Gasteiger partial charge is 0.332 e. The molecule has 20 heavy (non-hydrogen) atoms. The van der Waals surface area contributed by atoms with Crippen molar-refractivity contribution in [2.24, 2.45) is 10.8 Å². The van der Waals surface area contributed by atoms with E-state index in [1.54, 1.807) is 41.1 Å². The van der Waals surface area contributed by atoms with Gasteiger partial charge in [0.2, 0.25) is 0 Å². The number of amides is 2. The number of urea groups is 1. The van der Waals surface area contributed by atoms with Crippen LogP contribution in [0.2, 0.25) is 0 Å². The minimum absolute atomic E-state index is 0.0904. The third-order valence-electron chi connectivity index (χ3n) is 2.62. The Balaban J connectivity index is 2.24. The van der Waals surface area contributed by atoms with Crippen LogP contribution in [0.25, 0.3) is 5.69 Å². The number of carbonyl (C=O) groups is 1. The van der Waals surface area contributed by atoms with E-state index in [1.165, 1.54) is 12.3 Å². The average Bonchev–Trinajstić information content (AvgIpc) is 2.42. The lowest BCUT2D eigenvalue weighted by Crippen LogP contribution is -2.24. The Kier molecular flexibility index (Phi) is 3.95. The van der Waals surface area contributed by atoms with E-state index in [-0.39, 0.29) is 5.56 Å². The average molecular weight is 270 g/mol.